The van der Waals surface area contributed by atoms with Gasteiger partial charge in [-0.3, -0.25) is 0 Å². The van der Waals surface area contributed by atoms with Gasteiger partial charge in [0, 0.05) is 14.2 Å². The zero-order valence-corrected chi connectivity index (χ0v) is 10.1. The van der Waals surface area contributed by atoms with E-state index in [2.05, 4.69) is 5.32 Å². The largest absolute Gasteiger partial charge is 0.375 e. The molecule has 1 rings (SSSR count). The average molecular weight is 227 g/mol. The molecule has 0 radical (unpaired) electrons. The first-order valence-corrected chi connectivity index (χ1v) is 5.17. The number of anilines is 1. The molecule has 1 aromatic rings. The summed E-state index contributed by atoms with van der Waals surface area (Å²) in [6.07, 6.45) is -0.404. The highest BCUT2D eigenvalue weighted by Gasteiger charge is 2.17. The van der Waals surface area contributed by atoms with Gasteiger partial charge in [0.2, 0.25) is 0 Å². The predicted octanol–water partition coefficient (Wildman–Crippen LogP) is 2.55. The molecule has 1 unspecified atom stereocenters. The molecule has 0 spiro atoms. The van der Waals surface area contributed by atoms with Crippen LogP contribution in [0.25, 0.3) is 0 Å². The Morgan fingerprint density at radius 2 is 1.88 bits per heavy atom. The molecule has 4 heteroatoms. The van der Waals surface area contributed by atoms with E-state index < -0.39 is 6.29 Å². The van der Waals surface area contributed by atoms with Crippen LogP contribution in [-0.4, -0.2) is 26.6 Å². The zero-order chi connectivity index (χ0) is 12.1. The van der Waals surface area contributed by atoms with Crippen molar-refractivity contribution in [2.75, 3.05) is 19.5 Å². The van der Waals surface area contributed by atoms with Crippen LogP contribution in [0.5, 0.6) is 0 Å². The number of hydrogen-bond donors (Lipinski definition) is 1. The first-order chi connectivity index (χ1) is 7.60. The van der Waals surface area contributed by atoms with Crippen molar-refractivity contribution in [1.82, 2.24) is 0 Å². The lowest BCUT2D eigenvalue weighted by Gasteiger charge is -2.24. The van der Waals surface area contributed by atoms with Crippen molar-refractivity contribution in [3.63, 3.8) is 0 Å². The number of para-hydroxylation sites is 1. The SMILES string of the molecule is COC(OC)C(C)Nc1c(C)cccc1F. The van der Waals surface area contributed by atoms with Crippen LogP contribution in [0.1, 0.15) is 12.5 Å². The Bertz CT molecular complexity index is 320. The van der Waals surface area contributed by atoms with E-state index in [1.54, 1.807) is 20.3 Å². The minimum Gasteiger partial charge on any atom is -0.375 e. The lowest BCUT2D eigenvalue weighted by Crippen LogP contribution is -2.34. The number of rotatable bonds is 5. The first-order valence-electron chi connectivity index (χ1n) is 5.17. The van der Waals surface area contributed by atoms with Gasteiger partial charge in [-0.1, -0.05) is 12.1 Å². The first kappa shape index (κ1) is 12.9. The minimum atomic E-state index is -0.404. The molecule has 90 valence electrons. The molecule has 0 bridgehead atoms. The van der Waals surface area contributed by atoms with Crippen LogP contribution in [-0.2, 0) is 9.47 Å². The van der Waals surface area contributed by atoms with Crippen LogP contribution in [0.2, 0.25) is 0 Å². The van der Waals surface area contributed by atoms with Crippen molar-refractivity contribution < 1.29 is 13.9 Å². The Balaban J connectivity index is 2.80. The van der Waals surface area contributed by atoms with Gasteiger partial charge in [0.05, 0.1) is 11.7 Å². The number of hydrogen-bond acceptors (Lipinski definition) is 3. The smallest absolute Gasteiger partial charge is 0.176 e. The lowest BCUT2D eigenvalue weighted by molar-refractivity contribution is -0.109. The monoisotopic (exact) mass is 227 g/mol. The second-order valence-corrected chi connectivity index (χ2v) is 3.70. The molecule has 1 atom stereocenters. The molecule has 16 heavy (non-hydrogen) atoms. The highest BCUT2D eigenvalue weighted by Crippen LogP contribution is 2.20. The van der Waals surface area contributed by atoms with E-state index >= 15 is 0 Å². The maximum atomic E-state index is 13.5. The fourth-order valence-electron chi connectivity index (χ4n) is 1.61. The van der Waals surface area contributed by atoms with Crippen LogP contribution in [0, 0.1) is 12.7 Å². The Morgan fingerprint density at radius 3 is 2.38 bits per heavy atom. The third-order valence-electron chi connectivity index (χ3n) is 2.47. The van der Waals surface area contributed by atoms with Gasteiger partial charge in [-0.05, 0) is 25.5 Å². The molecular formula is C12H18FNO2. The molecule has 0 fully saturated rings. The van der Waals surface area contributed by atoms with Crippen molar-refractivity contribution in [3.8, 4) is 0 Å². The summed E-state index contributed by atoms with van der Waals surface area (Å²) >= 11 is 0. The number of nitrogens with one attached hydrogen (secondary N) is 1. The minimum absolute atomic E-state index is 0.134. The molecule has 0 aliphatic carbocycles. The van der Waals surface area contributed by atoms with Gasteiger partial charge in [0.15, 0.2) is 6.29 Å². The molecule has 0 aliphatic rings. The summed E-state index contributed by atoms with van der Waals surface area (Å²) in [6, 6.07) is 4.83. The van der Waals surface area contributed by atoms with Crippen LogP contribution in [0.3, 0.4) is 0 Å². The van der Waals surface area contributed by atoms with Crippen LogP contribution >= 0.6 is 0 Å². The Morgan fingerprint density at radius 1 is 1.25 bits per heavy atom. The van der Waals surface area contributed by atoms with E-state index in [9.17, 15) is 4.39 Å². The van der Waals surface area contributed by atoms with Crippen LogP contribution in [0.4, 0.5) is 10.1 Å². The zero-order valence-electron chi connectivity index (χ0n) is 10.1. The maximum Gasteiger partial charge on any atom is 0.176 e. The Labute approximate surface area is 95.6 Å². The van der Waals surface area contributed by atoms with Crippen molar-refractivity contribution in [3.05, 3.63) is 29.6 Å². The number of ether oxygens (including phenoxy) is 2. The van der Waals surface area contributed by atoms with Gasteiger partial charge in [0.1, 0.15) is 5.82 Å². The summed E-state index contributed by atoms with van der Waals surface area (Å²) in [5.41, 5.74) is 1.35. The van der Waals surface area contributed by atoms with Crippen molar-refractivity contribution in [2.45, 2.75) is 26.2 Å². The number of benzene rings is 1. The summed E-state index contributed by atoms with van der Waals surface area (Å²) in [5, 5.41) is 3.06. The standard InChI is InChI=1S/C12H18FNO2/c1-8-6-5-7-10(13)11(8)14-9(2)12(15-3)16-4/h5-7,9,12,14H,1-4H3. The van der Waals surface area contributed by atoms with Gasteiger partial charge in [0.25, 0.3) is 0 Å². The van der Waals surface area contributed by atoms with Crippen molar-refractivity contribution in [1.29, 1.82) is 0 Å². The van der Waals surface area contributed by atoms with Gasteiger partial charge in [-0.15, -0.1) is 0 Å². The third-order valence-corrected chi connectivity index (χ3v) is 2.47. The average Bonchev–Trinajstić information content (AvgIpc) is 2.25. The maximum absolute atomic E-state index is 13.5. The number of methoxy groups -OCH3 is 2. The van der Waals surface area contributed by atoms with E-state index in [1.165, 1.54) is 6.07 Å². The quantitative estimate of drug-likeness (QED) is 0.784. The van der Waals surface area contributed by atoms with E-state index in [4.69, 9.17) is 9.47 Å². The Kier molecular flexibility index (Phi) is 4.71. The fourth-order valence-corrected chi connectivity index (χ4v) is 1.61. The molecule has 0 saturated heterocycles. The molecule has 3 nitrogen and oxygen atoms in total. The van der Waals surface area contributed by atoms with E-state index in [0.29, 0.717) is 5.69 Å². The molecule has 1 N–H and O–H groups in total. The van der Waals surface area contributed by atoms with Gasteiger partial charge in [-0.25, -0.2) is 4.39 Å². The summed E-state index contributed by atoms with van der Waals surface area (Å²) in [7, 11) is 3.11. The van der Waals surface area contributed by atoms with Crippen LogP contribution < -0.4 is 5.32 Å². The van der Waals surface area contributed by atoms with Gasteiger partial charge in [-0.2, -0.15) is 0 Å². The van der Waals surface area contributed by atoms with Crippen LogP contribution in [0.15, 0.2) is 18.2 Å². The van der Waals surface area contributed by atoms with E-state index in [0.717, 1.165) is 5.56 Å². The third kappa shape index (κ3) is 2.93. The second-order valence-electron chi connectivity index (χ2n) is 3.70. The van der Waals surface area contributed by atoms with Crippen molar-refractivity contribution in [2.24, 2.45) is 0 Å². The number of halogens is 1. The summed E-state index contributed by atoms with van der Waals surface area (Å²) in [6.45, 7) is 3.73. The molecule has 0 saturated carbocycles. The van der Waals surface area contributed by atoms with E-state index in [1.807, 2.05) is 19.9 Å². The molecular weight excluding hydrogens is 209 g/mol. The molecule has 0 heterocycles. The molecule has 0 amide bonds. The topological polar surface area (TPSA) is 30.5 Å². The molecule has 0 aromatic heterocycles. The summed E-state index contributed by atoms with van der Waals surface area (Å²) in [4.78, 5) is 0. The molecule has 0 aliphatic heterocycles. The predicted molar refractivity (Wildman–Crippen MR) is 62.0 cm³/mol. The van der Waals surface area contributed by atoms with E-state index in [-0.39, 0.29) is 11.9 Å². The normalized spacial score (nSPS) is 12.9. The summed E-state index contributed by atoms with van der Waals surface area (Å²) in [5.74, 6) is -0.266. The highest BCUT2D eigenvalue weighted by molar-refractivity contribution is 5.52. The summed E-state index contributed by atoms with van der Waals surface area (Å²) < 4.78 is 23.8. The van der Waals surface area contributed by atoms with Crippen molar-refractivity contribution >= 4 is 5.69 Å². The lowest BCUT2D eigenvalue weighted by atomic mass is 10.1. The van der Waals surface area contributed by atoms with Gasteiger partial charge < -0.3 is 14.8 Å². The highest BCUT2D eigenvalue weighted by atomic mass is 19.1. The molecule has 1 aromatic carbocycles. The fraction of sp³-hybridized carbons (Fsp3) is 0.500. The van der Waals surface area contributed by atoms with Gasteiger partial charge >= 0.3 is 0 Å². The Hall–Kier alpha value is -1.13. The number of aryl methyl sites for hydroxylation is 1. The second kappa shape index (κ2) is 5.82.